The zero-order chi connectivity index (χ0) is 19.4. The van der Waals surface area contributed by atoms with Gasteiger partial charge in [0.15, 0.2) is 6.10 Å². The van der Waals surface area contributed by atoms with Crippen LogP contribution < -0.4 is 0 Å². The first-order valence-electron chi connectivity index (χ1n) is 8.45. The van der Waals surface area contributed by atoms with Crippen LogP contribution in [0.4, 0.5) is 4.79 Å². The zero-order valence-corrected chi connectivity index (χ0v) is 17.3. The predicted molar refractivity (Wildman–Crippen MR) is 98.6 cm³/mol. The van der Waals surface area contributed by atoms with Crippen molar-refractivity contribution in [2.45, 2.75) is 72.6 Å². The Bertz CT molecular complexity index is 592. The second kappa shape index (κ2) is 8.65. The van der Waals surface area contributed by atoms with Gasteiger partial charge in [-0.3, -0.25) is 4.79 Å². The SMILES string of the molecule is CC(=O)O[C@@H](C[C@H](C(C)C)N(C)C(=O)OC(C)(C)C)c1nc(C)cs1. The van der Waals surface area contributed by atoms with E-state index >= 15 is 0 Å². The third-order valence-electron chi connectivity index (χ3n) is 3.62. The van der Waals surface area contributed by atoms with Crippen molar-refractivity contribution in [3.8, 4) is 0 Å². The number of hydrogen-bond acceptors (Lipinski definition) is 6. The Morgan fingerprint density at radius 3 is 2.32 bits per heavy atom. The molecule has 0 radical (unpaired) electrons. The van der Waals surface area contributed by atoms with Crippen molar-refractivity contribution in [2.24, 2.45) is 5.92 Å². The summed E-state index contributed by atoms with van der Waals surface area (Å²) >= 11 is 1.46. The summed E-state index contributed by atoms with van der Waals surface area (Å²) in [6, 6.07) is -0.150. The highest BCUT2D eigenvalue weighted by molar-refractivity contribution is 7.09. The lowest BCUT2D eigenvalue weighted by Gasteiger charge is -2.34. The fourth-order valence-electron chi connectivity index (χ4n) is 2.49. The number of esters is 1. The number of ether oxygens (including phenoxy) is 2. The van der Waals surface area contributed by atoms with E-state index in [0.29, 0.717) is 6.42 Å². The van der Waals surface area contributed by atoms with Crippen LogP contribution in [0.25, 0.3) is 0 Å². The molecule has 0 spiro atoms. The maximum Gasteiger partial charge on any atom is 0.410 e. The number of carbonyl (C=O) groups is 2. The standard InChI is InChI=1S/C18H30N2O4S/c1-11(2)14(20(8)17(22)24-18(5,6)7)9-15(23-13(4)21)16-19-12(3)10-25-16/h10-11,14-15H,9H2,1-8H3/t14-,15+/m1/s1. The van der Waals surface area contributed by atoms with E-state index in [2.05, 4.69) is 4.98 Å². The van der Waals surface area contributed by atoms with E-state index in [-0.39, 0.29) is 24.0 Å². The van der Waals surface area contributed by atoms with Crippen molar-refractivity contribution in [3.63, 3.8) is 0 Å². The average Bonchev–Trinajstić information content (AvgIpc) is 2.86. The molecular weight excluding hydrogens is 340 g/mol. The summed E-state index contributed by atoms with van der Waals surface area (Å²) in [5.41, 5.74) is 0.327. The molecule has 1 aromatic heterocycles. The zero-order valence-electron chi connectivity index (χ0n) is 16.5. The Morgan fingerprint density at radius 2 is 1.92 bits per heavy atom. The van der Waals surface area contributed by atoms with Crippen molar-refractivity contribution < 1.29 is 19.1 Å². The molecule has 0 aliphatic heterocycles. The number of rotatable bonds is 6. The quantitative estimate of drug-likeness (QED) is 0.697. The second-order valence-electron chi connectivity index (χ2n) is 7.56. The molecule has 1 amide bonds. The Labute approximate surface area is 154 Å². The van der Waals surface area contributed by atoms with Crippen LogP contribution in [0, 0.1) is 12.8 Å². The number of aromatic nitrogens is 1. The minimum atomic E-state index is -0.561. The highest BCUT2D eigenvalue weighted by atomic mass is 32.1. The minimum absolute atomic E-state index is 0.150. The number of amides is 1. The average molecular weight is 371 g/mol. The lowest BCUT2D eigenvalue weighted by molar-refractivity contribution is -0.147. The van der Waals surface area contributed by atoms with Crippen LogP contribution in [0.15, 0.2) is 5.38 Å². The molecule has 6 nitrogen and oxygen atoms in total. The Kier molecular flexibility index (Phi) is 7.41. The first-order valence-corrected chi connectivity index (χ1v) is 9.33. The second-order valence-corrected chi connectivity index (χ2v) is 8.45. The van der Waals surface area contributed by atoms with Gasteiger partial charge in [0.05, 0.1) is 0 Å². The Hall–Kier alpha value is -1.63. The molecule has 0 bridgehead atoms. The van der Waals surface area contributed by atoms with Gasteiger partial charge in [-0.15, -0.1) is 11.3 Å². The molecule has 25 heavy (non-hydrogen) atoms. The molecule has 7 heteroatoms. The maximum atomic E-state index is 12.4. The smallest absolute Gasteiger partial charge is 0.410 e. The van der Waals surface area contributed by atoms with Gasteiger partial charge in [0.25, 0.3) is 0 Å². The molecule has 0 unspecified atom stereocenters. The fourth-order valence-corrected chi connectivity index (χ4v) is 3.32. The van der Waals surface area contributed by atoms with E-state index in [4.69, 9.17) is 9.47 Å². The van der Waals surface area contributed by atoms with Gasteiger partial charge in [0.2, 0.25) is 0 Å². The van der Waals surface area contributed by atoms with Crippen molar-refractivity contribution in [2.75, 3.05) is 7.05 Å². The van der Waals surface area contributed by atoms with Gasteiger partial charge in [-0.2, -0.15) is 0 Å². The normalized spacial score (nSPS) is 14.1. The van der Waals surface area contributed by atoms with Gasteiger partial charge in [0, 0.05) is 37.5 Å². The molecule has 0 saturated carbocycles. The van der Waals surface area contributed by atoms with Crippen LogP contribution in [0.5, 0.6) is 0 Å². The van der Waals surface area contributed by atoms with Gasteiger partial charge in [-0.1, -0.05) is 13.8 Å². The number of thiazole rings is 1. The molecule has 1 rings (SSSR count). The van der Waals surface area contributed by atoms with E-state index in [1.54, 1.807) is 11.9 Å². The Balaban J connectivity index is 2.98. The summed E-state index contributed by atoms with van der Waals surface area (Å²) in [7, 11) is 1.72. The summed E-state index contributed by atoms with van der Waals surface area (Å²) in [6.07, 6.45) is -0.392. The fraction of sp³-hybridized carbons (Fsp3) is 0.722. The predicted octanol–water partition coefficient (Wildman–Crippen LogP) is 4.34. The maximum absolute atomic E-state index is 12.4. The minimum Gasteiger partial charge on any atom is -0.455 e. The summed E-state index contributed by atoms with van der Waals surface area (Å²) < 4.78 is 11.0. The molecule has 1 heterocycles. The van der Waals surface area contributed by atoms with E-state index in [0.717, 1.165) is 10.7 Å². The number of carbonyl (C=O) groups excluding carboxylic acids is 2. The number of nitrogens with zero attached hydrogens (tertiary/aromatic N) is 2. The molecule has 142 valence electrons. The topological polar surface area (TPSA) is 68.7 Å². The summed E-state index contributed by atoms with van der Waals surface area (Å²) in [5.74, 6) is -0.197. The van der Waals surface area contributed by atoms with Gasteiger partial charge < -0.3 is 14.4 Å². The summed E-state index contributed by atoms with van der Waals surface area (Å²) in [5, 5.41) is 2.67. The van der Waals surface area contributed by atoms with Gasteiger partial charge in [0.1, 0.15) is 10.6 Å². The molecule has 2 atom stereocenters. The van der Waals surface area contributed by atoms with Gasteiger partial charge in [-0.25, -0.2) is 9.78 Å². The Morgan fingerprint density at radius 1 is 1.32 bits per heavy atom. The molecule has 0 saturated heterocycles. The molecule has 0 N–H and O–H groups in total. The van der Waals surface area contributed by atoms with Crippen LogP contribution in [-0.2, 0) is 14.3 Å². The first kappa shape index (κ1) is 21.4. The van der Waals surface area contributed by atoms with Crippen LogP contribution >= 0.6 is 11.3 Å². The van der Waals surface area contributed by atoms with Crippen LogP contribution in [-0.4, -0.2) is 40.6 Å². The summed E-state index contributed by atoms with van der Waals surface area (Å²) in [4.78, 5) is 30.0. The molecular formula is C18H30N2O4S. The van der Waals surface area contributed by atoms with Gasteiger partial charge >= 0.3 is 12.1 Å². The van der Waals surface area contributed by atoms with Crippen LogP contribution in [0.1, 0.15) is 64.8 Å². The molecule has 0 aliphatic carbocycles. The van der Waals surface area contributed by atoms with Crippen LogP contribution in [0.2, 0.25) is 0 Å². The third-order valence-corrected chi connectivity index (χ3v) is 4.68. The van der Waals surface area contributed by atoms with E-state index in [9.17, 15) is 9.59 Å². The monoisotopic (exact) mass is 370 g/mol. The highest BCUT2D eigenvalue weighted by Crippen LogP contribution is 2.30. The van der Waals surface area contributed by atoms with Crippen LogP contribution in [0.3, 0.4) is 0 Å². The largest absolute Gasteiger partial charge is 0.455 e. The summed E-state index contributed by atoms with van der Waals surface area (Å²) in [6.45, 7) is 12.9. The third kappa shape index (κ3) is 7.02. The molecule has 1 aromatic rings. The van der Waals surface area contributed by atoms with E-state index < -0.39 is 11.7 Å². The highest BCUT2D eigenvalue weighted by Gasteiger charge is 2.32. The number of aryl methyl sites for hydroxylation is 1. The first-order chi connectivity index (χ1) is 11.4. The van der Waals surface area contributed by atoms with Crippen molar-refractivity contribution >= 4 is 23.4 Å². The molecule has 0 fully saturated rings. The van der Waals surface area contributed by atoms with Crippen molar-refractivity contribution in [3.05, 3.63) is 16.1 Å². The van der Waals surface area contributed by atoms with E-state index in [1.807, 2.05) is 46.9 Å². The molecule has 0 aromatic carbocycles. The van der Waals surface area contributed by atoms with Crippen molar-refractivity contribution in [1.82, 2.24) is 9.88 Å². The van der Waals surface area contributed by atoms with E-state index in [1.165, 1.54) is 18.3 Å². The van der Waals surface area contributed by atoms with Crippen molar-refractivity contribution in [1.29, 1.82) is 0 Å². The lowest BCUT2D eigenvalue weighted by Crippen LogP contribution is -2.44. The lowest BCUT2D eigenvalue weighted by atomic mass is 9.96. The number of hydrogen-bond donors (Lipinski definition) is 0. The molecule has 0 aliphatic rings. The van der Waals surface area contributed by atoms with Gasteiger partial charge in [-0.05, 0) is 33.6 Å².